The number of ether oxygens (including phenoxy) is 2. The predicted octanol–water partition coefficient (Wildman–Crippen LogP) is 0.477. The lowest BCUT2D eigenvalue weighted by molar-refractivity contribution is -0.146. The Morgan fingerprint density at radius 1 is 1.53 bits per heavy atom. The minimum absolute atomic E-state index is 0.0813. The van der Waals surface area contributed by atoms with Gasteiger partial charge in [-0.1, -0.05) is 0 Å². The highest BCUT2D eigenvalue weighted by molar-refractivity contribution is 7.07. The van der Waals surface area contributed by atoms with Crippen molar-refractivity contribution in [2.24, 2.45) is 0 Å². The number of rotatable bonds is 8. The van der Waals surface area contributed by atoms with Gasteiger partial charge in [-0.15, -0.1) is 0 Å². The molecule has 7 heteroatoms. The first kappa shape index (κ1) is 15.6. The van der Waals surface area contributed by atoms with E-state index in [-0.39, 0.29) is 38.4 Å². The van der Waals surface area contributed by atoms with Crippen LogP contribution in [-0.4, -0.2) is 43.3 Å². The summed E-state index contributed by atoms with van der Waals surface area (Å²) in [4.78, 5) is 22.0. The van der Waals surface area contributed by atoms with E-state index >= 15 is 0 Å². The fourth-order valence-corrected chi connectivity index (χ4v) is 2.05. The number of carbonyl (C=O) groups is 2. The van der Waals surface area contributed by atoms with E-state index in [1.54, 1.807) is 0 Å². The summed E-state index contributed by atoms with van der Waals surface area (Å²) in [6.45, 7) is 1.32. The van der Waals surface area contributed by atoms with Crippen LogP contribution in [0, 0.1) is 0 Å². The van der Waals surface area contributed by atoms with E-state index in [1.165, 1.54) is 18.3 Å². The van der Waals surface area contributed by atoms with Crippen molar-refractivity contribution in [2.75, 3.05) is 26.4 Å². The lowest BCUT2D eigenvalue weighted by Crippen LogP contribution is -2.33. The van der Waals surface area contributed by atoms with Gasteiger partial charge in [-0.2, -0.15) is 11.3 Å². The van der Waals surface area contributed by atoms with Crippen LogP contribution in [0.2, 0.25) is 0 Å². The molecule has 1 amide bonds. The van der Waals surface area contributed by atoms with E-state index in [1.807, 2.05) is 16.8 Å². The van der Waals surface area contributed by atoms with E-state index in [4.69, 9.17) is 9.84 Å². The van der Waals surface area contributed by atoms with Crippen LogP contribution in [-0.2, 0) is 19.1 Å². The van der Waals surface area contributed by atoms with Crippen molar-refractivity contribution in [2.45, 2.75) is 13.0 Å². The molecular formula is C12H17NO5S. The van der Waals surface area contributed by atoms with Gasteiger partial charge in [0, 0.05) is 13.5 Å². The fourth-order valence-electron chi connectivity index (χ4n) is 1.35. The third-order valence-electron chi connectivity index (χ3n) is 2.22. The van der Waals surface area contributed by atoms with Crippen LogP contribution >= 0.6 is 11.3 Å². The van der Waals surface area contributed by atoms with Crippen molar-refractivity contribution in [3.63, 3.8) is 0 Å². The van der Waals surface area contributed by atoms with Crippen LogP contribution in [0.4, 0.5) is 0 Å². The van der Waals surface area contributed by atoms with Crippen molar-refractivity contribution < 1.29 is 24.2 Å². The molecule has 0 spiro atoms. The monoisotopic (exact) mass is 287 g/mol. The zero-order chi connectivity index (χ0) is 14.1. The molecule has 0 fully saturated rings. The number of amides is 1. The number of hydrogen-bond acceptors (Lipinski definition) is 6. The van der Waals surface area contributed by atoms with Gasteiger partial charge >= 0.3 is 5.97 Å². The van der Waals surface area contributed by atoms with Gasteiger partial charge in [0.25, 0.3) is 5.91 Å². The van der Waals surface area contributed by atoms with Crippen LogP contribution < -0.4 is 5.32 Å². The van der Waals surface area contributed by atoms with Crippen molar-refractivity contribution in [3.05, 3.63) is 22.4 Å². The average molecular weight is 287 g/mol. The second-order valence-electron chi connectivity index (χ2n) is 3.72. The molecule has 1 rings (SSSR count). The Bertz CT molecular complexity index is 393. The quantitative estimate of drug-likeness (QED) is 0.679. The van der Waals surface area contributed by atoms with E-state index in [2.05, 4.69) is 10.1 Å². The molecule has 1 aromatic heterocycles. The highest BCUT2D eigenvalue weighted by Gasteiger charge is 2.14. The molecule has 106 valence electrons. The number of thiophene rings is 1. The third kappa shape index (κ3) is 6.32. The molecule has 0 unspecified atom stereocenters. The van der Waals surface area contributed by atoms with Crippen molar-refractivity contribution in [1.82, 2.24) is 5.32 Å². The van der Waals surface area contributed by atoms with Gasteiger partial charge in [-0.05, 0) is 22.4 Å². The topological polar surface area (TPSA) is 84.9 Å². The molecule has 6 nitrogen and oxygen atoms in total. The highest BCUT2D eigenvalue weighted by atomic mass is 32.1. The average Bonchev–Trinajstić information content (AvgIpc) is 2.90. The number of carbonyl (C=O) groups excluding carboxylic acids is 2. The smallest absolute Gasteiger partial charge is 0.303 e. The minimum atomic E-state index is -0.499. The Kier molecular flexibility index (Phi) is 7.09. The summed E-state index contributed by atoms with van der Waals surface area (Å²) in [7, 11) is 0. The lowest BCUT2D eigenvalue weighted by atomic mass is 10.2. The van der Waals surface area contributed by atoms with E-state index < -0.39 is 5.97 Å². The molecule has 0 saturated heterocycles. The minimum Gasteiger partial charge on any atom is -0.456 e. The molecule has 0 aliphatic heterocycles. The summed E-state index contributed by atoms with van der Waals surface area (Å²) in [6.07, 6.45) is -0.320. The van der Waals surface area contributed by atoms with E-state index in [0.29, 0.717) is 0 Å². The van der Waals surface area contributed by atoms with Crippen molar-refractivity contribution >= 4 is 23.2 Å². The van der Waals surface area contributed by atoms with Crippen LogP contribution in [0.3, 0.4) is 0 Å². The predicted molar refractivity (Wildman–Crippen MR) is 69.7 cm³/mol. The van der Waals surface area contributed by atoms with Gasteiger partial charge in [0.05, 0.1) is 13.2 Å². The van der Waals surface area contributed by atoms with Crippen LogP contribution in [0.5, 0.6) is 0 Å². The summed E-state index contributed by atoms with van der Waals surface area (Å²) in [5, 5.41) is 15.2. The standard InChI is InChI=1S/C12H17NO5S/c1-9(15)18-7-12(16)13-6-11(17-4-3-14)10-2-5-19-8-10/h2,5,8,11,14H,3-4,6-7H2,1H3,(H,13,16)/t11-/m0/s1. The van der Waals surface area contributed by atoms with Crippen molar-refractivity contribution in [3.8, 4) is 0 Å². The van der Waals surface area contributed by atoms with Gasteiger partial charge in [0.15, 0.2) is 6.61 Å². The normalized spacial score (nSPS) is 11.9. The van der Waals surface area contributed by atoms with Gasteiger partial charge in [0.2, 0.25) is 0 Å². The number of aliphatic hydroxyl groups is 1. The third-order valence-corrected chi connectivity index (χ3v) is 2.92. The molecule has 0 aliphatic carbocycles. The second-order valence-corrected chi connectivity index (χ2v) is 4.50. The summed E-state index contributed by atoms with van der Waals surface area (Å²) in [5.41, 5.74) is 0.936. The molecular weight excluding hydrogens is 270 g/mol. The molecule has 1 heterocycles. The van der Waals surface area contributed by atoms with Gasteiger partial charge in [-0.3, -0.25) is 9.59 Å². The molecule has 1 atom stereocenters. The van der Waals surface area contributed by atoms with Crippen molar-refractivity contribution in [1.29, 1.82) is 0 Å². The largest absolute Gasteiger partial charge is 0.456 e. The summed E-state index contributed by atoms with van der Waals surface area (Å²) in [5.74, 6) is -0.885. The maximum Gasteiger partial charge on any atom is 0.303 e. The number of nitrogens with one attached hydrogen (secondary N) is 1. The van der Waals surface area contributed by atoms with Gasteiger partial charge in [-0.25, -0.2) is 0 Å². The van der Waals surface area contributed by atoms with E-state index in [9.17, 15) is 9.59 Å². The molecule has 0 bridgehead atoms. The van der Waals surface area contributed by atoms with Crippen LogP contribution in [0.1, 0.15) is 18.6 Å². The van der Waals surface area contributed by atoms with Crippen LogP contribution in [0.25, 0.3) is 0 Å². The zero-order valence-electron chi connectivity index (χ0n) is 10.6. The Morgan fingerprint density at radius 2 is 2.32 bits per heavy atom. The second kappa shape index (κ2) is 8.63. The Balaban J connectivity index is 2.40. The molecule has 2 N–H and O–H groups in total. The molecule has 19 heavy (non-hydrogen) atoms. The summed E-state index contributed by atoms with van der Waals surface area (Å²) in [6, 6.07) is 1.89. The van der Waals surface area contributed by atoms with E-state index in [0.717, 1.165) is 5.56 Å². The number of aliphatic hydroxyl groups excluding tert-OH is 1. The Labute approximate surface area is 115 Å². The fraction of sp³-hybridized carbons (Fsp3) is 0.500. The van der Waals surface area contributed by atoms with Gasteiger partial charge in [0.1, 0.15) is 6.10 Å². The first-order valence-electron chi connectivity index (χ1n) is 5.78. The number of esters is 1. The SMILES string of the molecule is CC(=O)OCC(=O)NC[C@H](OCCO)c1ccsc1. The van der Waals surface area contributed by atoms with Gasteiger partial charge < -0.3 is 19.9 Å². The molecule has 0 aromatic carbocycles. The maximum absolute atomic E-state index is 11.4. The van der Waals surface area contributed by atoms with Crippen LogP contribution in [0.15, 0.2) is 16.8 Å². The highest BCUT2D eigenvalue weighted by Crippen LogP contribution is 2.19. The summed E-state index contributed by atoms with van der Waals surface area (Å²) < 4.78 is 10.0. The first-order valence-corrected chi connectivity index (χ1v) is 6.72. The molecule has 0 aliphatic rings. The zero-order valence-corrected chi connectivity index (χ0v) is 11.4. The first-order chi connectivity index (χ1) is 9.13. The Morgan fingerprint density at radius 3 is 2.89 bits per heavy atom. The Hall–Kier alpha value is -1.44. The molecule has 0 saturated carbocycles. The molecule has 1 aromatic rings. The molecule has 0 radical (unpaired) electrons. The summed E-state index contributed by atoms with van der Waals surface area (Å²) >= 11 is 1.53. The lowest BCUT2D eigenvalue weighted by Gasteiger charge is -2.17. The maximum atomic E-state index is 11.4. The number of hydrogen-bond donors (Lipinski definition) is 2.